The summed E-state index contributed by atoms with van der Waals surface area (Å²) in [6.45, 7) is 0. The van der Waals surface area contributed by atoms with E-state index in [4.69, 9.17) is 16.3 Å². The van der Waals surface area contributed by atoms with E-state index in [0.717, 1.165) is 0 Å². The minimum absolute atomic E-state index is 0.0681. The van der Waals surface area contributed by atoms with Crippen molar-refractivity contribution in [3.63, 3.8) is 0 Å². The lowest BCUT2D eigenvalue weighted by atomic mass is 10.3. The van der Waals surface area contributed by atoms with Crippen LogP contribution >= 0.6 is 11.6 Å². The predicted molar refractivity (Wildman–Crippen MR) is 58.1 cm³/mol. The van der Waals surface area contributed by atoms with Crippen molar-refractivity contribution in [3.05, 3.63) is 53.6 Å². The Kier molecular flexibility index (Phi) is 2.79. The fourth-order valence-corrected chi connectivity index (χ4v) is 1.30. The lowest BCUT2D eigenvalue weighted by molar-refractivity contribution is 0.352. The van der Waals surface area contributed by atoms with Crippen molar-refractivity contribution in [1.82, 2.24) is 0 Å². The van der Waals surface area contributed by atoms with Crippen LogP contribution in [0.2, 0.25) is 5.02 Å². The zero-order valence-corrected chi connectivity index (χ0v) is 8.57. The molecule has 2 aromatic carbocycles. The first-order valence-electron chi connectivity index (χ1n) is 4.44. The Morgan fingerprint density at radius 3 is 2.33 bits per heavy atom. The Morgan fingerprint density at radius 1 is 0.933 bits per heavy atom. The number of hydrogen-bond donors (Lipinski definition) is 0. The quantitative estimate of drug-likeness (QED) is 0.741. The van der Waals surface area contributed by atoms with E-state index in [1.807, 2.05) is 0 Å². The number of ether oxygens (including phenoxy) is 1. The molecular formula is C12H8ClO2. The van der Waals surface area contributed by atoms with Gasteiger partial charge in [-0.15, -0.1) is 0 Å². The lowest BCUT2D eigenvalue weighted by Gasteiger charge is -2.04. The SMILES string of the molecule is [O]c1cccc(Oc2ccc(Cl)cc2)c1. The molecule has 2 aromatic rings. The summed E-state index contributed by atoms with van der Waals surface area (Å²) in [5, 5.41) is 11.7. The Bertz CT molecular complexity index is 451. The van der Waals surface area contributed by atoms with Gasteiger partial charge in [-0.2, -0.15) is 0 Å². The molecule has 0 atom stereocenters. The molecule has 0 saturated carbocycles. The summed E-state index contributed by atoms with van der Waals surface area (Å²) in [7, 11) is 0. The molecule has 0 saturated heterocycles. The summed E-state index contributed by atoms with van der Waals surface area (Å²) < 4.78 is 5.46. The van der Waals surface area contributed by atoms with Gasteiger partial charge in [0, 0.05) is 11.1 Å². The van der Waals surface area contributed by atoms with Crippen molar-refractivity contribution in [3.8, 4) is 17.2 Å². The minimum Gasteiger partial charge on any atom is -0.457 e. The maximum Gasteiger partial charge on any atom is 0.182 e. The highest BCUT2D eigenvalue weighted by molar-refractivity contribution is 6.30. The van der Waals surface area contributed by atoms with Crippen LogP contribution < -0.4 is 4.74 Å². The van der Waals surface area contributed by atoms with Crippen molar-refractivity contribution < 1.29 is 9.84 Å². The first-order valence-corrected chi connectivity index (χ1v) is 4.82. The third-order valence-corrected chi connectivity index (χ3v) is 2.11. The summed E-state index contributed by atoms with van der Waals surface area (Å²) in [6, 6.07) is 13.3. The Morgan fingerprint density at radius 2 is 1.67 bits per heavy atom. The van der Waals surface area contributed by atoms with E-state index in [0.29, 0.717) is 16.5 Å². The van der Waals surface area contributed by atoms with Crippen LogP contribution in [0.25, 0.3) is 0 Å². The second-order valence-corrected chi connectivity index (χ2v) is 3.47. The first-order chi connectivity index (χ1) is 7.24. The first kappa shape index (κ1) is 9.87. The van der Waals surface area contributed by atoms with Gasteiger partial charge in [-0.1, -0.05) is 17.7 Å². The molecule has 0 heterocycles. The molecule has 3 heteroatoms. The summed E-state index contributed by atoms with van der Waals surface area (Å²) in [5.74, 6) is 1.12. The molecule has 0 amide bonds. The van der Waals surface area contributed by atoms with Gasteiger partial charge in [0.1, 0.15) is 11.5 Å². The highest BCUT2D eigenvalue weighted by Crippen LogP contribution is 2.25. The summed E-state index contributed by atoms with van der Waals surface area (Å²) in [5.41, 5.74) is 0. The van der Waals surface area contributed by atoms with E-state index in [1.54, 1.807) is 36.4 Å². The second-order valence-electron chi connectivity index (χ2n) is 3.03. The molecule has 0 fully saturated rings. The molecule has 0 aliphatic rings. The van der Waals surface area contributed by atoms with Gasteiger partial charge < -0.3 is 4.74 Å². The standard InChI is InChI=1S/C12H8ClO2/c13-9-4-6-11(7-5-9)15-12-3-1-2-10(14)8-12/h1-8H. The molecule has 0 unspecified atom stereocenters. The Labute approximate surface area is 92.7 Å². The average molecular weight is 220 g/mol. The molecule has 0 bridgehead atoms. The third-order valence-electron chi connectivity index (χ3n) is 1.85. The lowest BCUT2D eigenvalue weighted by Crippen LogP contribution is -1.82. The smallest absolute Gasteiger partial charge is 0.182 e. The van der Waals surface area contributed by atoms with Crippen LogP contribution in [0, 0.1) is 0 Å². The summed E-state index contributed by atoms with van der Waals surface area (Å²) in [4.78, 5) is 0. The molecule has 0 spiro atoms. The van der Waals surface area contributed by atoms with Gasteiger partial charge in [0.25, 0.3) is 0 Å². The molecule has 0 N–H and O–H groups in total. The predicted octanol–water partition coefficient (Wildman–Crippen LogP) is 4.28. The van der Waals surface area contributed by atoms with Gasteiger partial charge in [0.15, 0.2) is 5.75 Å². The molecular weight excluding hydrogens is 212 g/mol. The molecule has 1 radical (unpaired) electrons. The number of halogens is 1. The van der Waals surface area contributed by atoms with E-state index in [-0.39, 0.29) is 5.75 Å². The van der Waals surface area contributed by atoms with Crippen LogP contribution in [0.4, 0.5) is 0 Å². The molecule has 2 rings (SSSR count). The third kappa shape index (κ3) is 2.64. The molecule has 2 nitrogen and oxygen atoms in total. The molecule has 0 aliphatic carbocycles. The van der Waals surface area contributed by atoms with Crippen LogP contribution in [-0.4, -0.2) is 0 Å². The Hall–Kier alpha value is -1.67. The van der Waals surface area contributed by atoms with E-state index >= 15 is 0 Å². The molecule has 0 aliphatic heterocycles. The van der Waals surface area contributed by atoms with E-state index in [2.05, 4.69) is 0 Å². The van der Waals surface area contributed by atoms with Gasteiger partial charge >= 0.3 is 0 Å². The van der Waals surface area contributed by atoms with Crippen molar-refractivity contribution in [2.45, 2.75) is 0 Å². The molecule has 75 valence electrons. The fourth-order valence-electron chi connectivity index (χ4n) is 1.18. The van der Waals surface area contributed by atoms with Crippen LogP contribution in [-0.2, 0) is 5.11 Å². The summed E-state index contributed by atoms with van der Waals surface area (Å²) >= 11 is 5.73. The highest BCUT2D eigenvalue weighted by Gasteiger charge is 1.98. The second kappa shape index (κ2) is 4.24. The van der Waals surface area contributed by atoms with E-state index in [9.17, 15) is 5.11 Å². The zero-order chi connectivity index (χ0) is 10.7. The van der Waals surface area contributed by atoms with E-state index in [1.165, 1.54) is 12.1 Å². The van der Waals surface area contributed by atoms with Gasteiger partial charge in [-0.05, 0) is 36.4 Å². The van der Waals surface area contributed by atoms with Crippen LogP contribution in [0.5, 0.6) is 17.2 Å². The maximum atomic E-state index is 11.0. The average Bonchev–Trinajstić information content (AvgIpc) is 2.22. The normalized spacial score (nSPS) is 9.93. The van der Waals surface area contributed by atoms with Gasteiger partial charge in [-0.25, -0.2) is 0 Å². The van der Waals surface area contributed by atoms with Crippen LogP contribution in [0.1, 0.15) is 0 Å². The monoisotopic (exact) mass is 219 g/mol. The highest BCUT2D eigenvalue weighted by atomic mass is 35.5. The molecule has 0 aromatic heterocycles. The number of rotatable bonds is 2. The Balaban J connectivity index is 2.18. The van der Waals surface area contributed by atoms with Gasteiger partial charge in [0.2, 0.25) is 0 Å². The van der Waals surface area contributed by atoms with Crippen LogP contribution in [0.3, 0.4) is 0 Å². The van der Waals surface area contributed by atoms with Crippen molar-refractivity contribution in [2.75, 3.05) is 0 Å². The maximum absolute atomic E-state index is 11.0. The fraction of sp³-hybridized carbons (Fsp3) is 0. The van der Waals surface area contributed by atoms with Gasteiger partial charge in [-0.3, -0.25) is 5.11 Å². The van der Waals surface area contributed by atoms with E-state index < -0.39 is 0 Å². The topological polar surface area (TPSA) is 29.1 Å². The largest absolute Gasteiger partial charge is 0.457 e. The van der Waals surface area contributed by atoms with Crippen molar-refractivity contribution in [1.29, 1.82) is 0 Å². The number of hydrogen-bond acceptors (Lipinski definition) is 1. The molecule has 15 heavy (non-hydrogen) atoms. The van der Waals surface area contributed by atoms with Gasteiger partial charge in [0.05, 0.1) is 0 Å². The zero-order valence-electron chi connectivity index (χ0n) is 7.81. The van der Waals surface area contributed by atoms with Crippen LogP contribution in [0.15, 0.2) is 48.5 Å². The minimum atomic E-state index is -0.0681. The van der Waals surface area contributed by atoms with Crippen molar-refractivity contribution in [2.24, 2.45) is 0 Å². The summed E-state index contributed by atoms with van der Waals surface area (Å²) in [6.07, 6.45) is 0. The number of benzene rings is 2. The van der Waals surface area contributed by atoms with Crippen molar-refractivity contribution >= 4 is 11.6 Å².